The summed E-state index contributed by atoms with van der Waals surface area (Å²) in [4.78, 5) is 22.4. The molecule has 3 fully saturated rings. The highest BCUT2D eigenvalue weighted by atomic mass is 16.6. The molecule has 64 valence electrons. The molecule has 3 aliphatic rings. The number of hydrogen-bond acceptors (Lipinski definition) is 3. The van der Waals surface area contributed by atoms with Crippen LogP contribution in [0.2, 0.25) is 0 Å². The molecule has 0 unspecified atom stereocenters. The number of carbonyl (C=O) groups is 2. The Balaban J connectivity index is 1.90. The third-order valence-electron chi connectivity index (χ3n) is 3.07. The van der Waals surface area contributed by atoms with Crippen molar-refractivity contribution >= 4 is 11.8 Å². The Morgan fingerprint density at radius 1 is 1.08 bits per heavy atom. The second-order valence-electron chi connectivity index (χ2n) is 3.75. The van der Waals surface area contributed by atoms with Crippen molar-refractivity contribution in [1.29, 1.82) is 0 Å². The van der Waals surface area contributed by atoms with E-state index in [0.29, 0.717) is 0 Å². The van der Waals surface area contributed by atoms with Gasteiger partial charge in [0, 0.05) is 0 Å². The number of fused-ring (bicyclic) bond motifs is 2. The van der Waals surface area contributed by atoms with E-state index in [-0.39, 0.29) is 35.9 Å². The summed E-state index contributed by atoms with van der Waals surface area (Å²) >= 11 is 0. The summed E-state index contributed by atoms with van der Waals surface area (Å²) < 4.78 is 5.28. The van der Waals surface area contributed by atoms with Crippen LogP contribution >= 0.6 is 0 Å². The number of amides is 2. The molecule has 0 bridgehead atoms. The molecule has 1 aliphatic carbocycles. The predicted molar refractivity (Wildman–Crippen MR) is 38.0 cm³/mol. The summed E-state index contributed by atoms with van der Waals surface area (Å²) in [7, 11) is 0. The largest absolute Gasteiger partial charge is 0.370 e. The SMILES string of the molecule is O=C1NC(=O)[C@@H]2C[C@H]3O[C@H]3C[C@@H]12. The van der Waals surface area contributed by atoms with Gasteiger partial charge in [0.1, 0.15) is 0 Å². The van der Waals surface area contributed by atoms with E-state index in [0.717, 1.165) is 12.8 Å². The first-order valence-corrected chi connectivity index (χ1v) is 4.26. The van der Waals surface area contributed by atoms with Crippen molar-refractivity contribution in [2.24, 2.45) is 11.8 Å². The zero-order valence-electron chi connectivity index (χ0n) is 6.45. The lowest BCUT2D eigenvalue weighted by Gasteiger charge is -2.16. The summed E-state index contributed by atoms with van der Waals surface area (Å²) in [5, 5.41) is 2.37. The maximum atomic E-state index is 11.2. The molecule has 0 aromatic carbocycles. The Labute approximate surface area is 69.3 Å². The number of rotatable bonds is 0. The zero-order valence-corrected chi connectivity index (χ0v) is 6.45. The summed E-state index contributed by atoms with van der Waals surface area (Å²) in [6.07, 6.45) is 2.02. The number of epoxide rings is 1. The zero-order chi connectivity index (χ0) is 8.29. The number of imide groups is 1. The Kier molecular flexibility index (Phi) is 1.03. The number of carbonyl (C=O) groups excluding carboxylic acids is 2. The molecule has 2 amide bonds. The molecule has 1 saturated carbocycles. The molecular weight excluding hydrogens is 158 g/mol. The van der Waals surface area contributed by atoms with Crippen molar-refractivity contribution in [3.8, 4) is 0 Å². The van der Waals surface area contributed by atoms with E-state index < -0.39 is 0 Å². The van der Waals surface area contributed by atoms with Gasteiger partial charge in [0.05, 0.1) is 24.0 Å². The van der Waals surface area contributed by atoms with Crippen molar-refractivity contribution in [1.82, 2.24) is 5.32 Å². The first-order valence-electron chi connectivity index (χ1n) is 4.26. The fraction of sp³-hybridized carbons (Fsp3) is 0.750. The molecule has 1 N–H and O–H groups in total. The Bertz CT molecular complexity index is 249. The van der Waals surface area contributed by atoms with Gasteiger partial charge >= 0.3 is 0 Å². The lowest BCUT2D eigenvalue weighted by molar-refractivity contribution is -0.126. The fourth-order valence-electron chi connectivity index (χ4n) is 2.31. The van der Waals surface area contributed by atoms with Crippen LogP contribution in [0.3, 0.4) is 0 Å². The molecule has 0 aromatic heterocycles. The van der Waals surface area contributed by atoms with Crippen molar-refractivity contribution in [3.63, 3.8) is 0 Å². The molecule has 0 spiro atoms. The van der Waals surface area contributed by atoms with Crippen molar-refractivity contribution in [3.05, 3.63) is 0 Å². The average molecular weight is 167 g/mol. The maximum Gasteiger partial charge on any atom is 0.230 e. The van der Waals surface area contributed by atoms with Crippen LogP contribution in [0.1, 0.15) is 12.8 Å². The number of hydrogen-bond donors (Lipinski definition) is 1. The van der Waals surface area contributed by atoms with Gasteiger partial charge in [-0.25, -0.2) is 0 Å². The molecule has 2 saturated heterocycles. The van der Waals surface area contributed by atoms with E-state index in [1.165, 1.54) is 0 Å². The molecule has 2 heterocycles. The first kappa shape index (κ1) is 6.60. The minimum Gasteiger partial charge on any atom is -0.370 e. The lowest BCUT2D eigenvalue weighted by atomic mass is 9.81. The van der Waals surface area contributed by atoms with Crippen LogP contribution in [0.15, 0.2) is 0 Å². The van der Waals surface area contributed by atoms with E-state index in [4.69, 9.17) is 4.74 Å². The number of nitrogens with one attached hydrogen (secondary N) is 1. The van der Waals surface area contributed by atoms with Gasteiger partial charge < -0.3 is 4.74 Å². The van der Waals surface area contributed by atoms with Crippen LogP contribution < -0.4 is 5.32 Å². The van der Waals surface area contributed by atoms with Gasteiger partial charge in [-0.15, -0.1) is 0 Å². The second-order valence-corrected chi connectivity index (χ2v) is 3.75. The van der Waals surface area contributed by atoms with Gasteiger partial charge in [0.15, 0.2) is 0 Å². The molecule has 0 aromatic rings. The molecule has 2 aliphatic heterocycles. The van der Waals surface area contributed by atoms with Gasteiger partial charge in [0.2, 0.25) is 11.8 Å². The van der Waals surface area contributed by atoms with Crippen molar-refractivity contribution < 1.29 is 14.3 Å². The van der Waals surface area contributed by atoms with E-state index in [1.54, 1.807) is 0 Å². The lowest BCUT2D eigenvalue weighted by Crippen LogP contribution is -2.26. The molecule has 4 heteroatoms. The molecular formula is C8H9NO3. The second kappa shape index (κ2) is 1.88. The van der Waals surface area contributed by atoms with Crippen molar-refractivity contribution in [2.45, 2.75) is 25.0 Å². The number of ether oxygens (including phenoxy) is 1. The summed E-state index contributed by atoms with van der Waals surface area (Å²) in [6.45, 7) is 0. The van der Waals surface area contributed by atoms with Crippen LogP contribution in [-0.2, 0) is 14.3 Å². The van der Waals surface area contributed by atoms with Gasteiger partial charge in [-0.3, -0.25) is 14.9 Å². The Morgan fingerprint density at radius 3 is 2.08 bits per heavy atom. The van der Waals surface area contributed by atoms with Crippen LogP contribution in [0.5, 0.6) is 0 Å². The van der Waals surface area contributed by atoms with Gasteiger partial charge in [0.25, 0.3) is 0 Å². The highest BCUT2D eigenvalue weighted by Gasteiger charge is 2.55. The van der Waals surface area contributed by atoms with E-state index >= 15 is 0 Å². The predicted octanol–water partition coefficient (Wildman–Crippen LogP) is -0.564. The van der Waals surface area contributed by atoms with E-state index in [9.17, 15) is 9.59 Å². The monoisotopic (exact) mass is 167 g/mol. The average Bonchev–Trinajstić information content (AvgIpc) is 2.73. The minimum absolute atomic E-state index is 0.0961. The van der Waals surface area contributed by atoms with Crippen LogP contribution in [-0.4, -0.2) is 24.0 Å². The highest BCUT2D eigenvalue weighted by Crippen LogP contribution is 2.44. The molecule has 3 rings (SSSR count). The molecule has 12 heavy (non-hydrogen) atoms. The Hall–Kier alpha value is -0.900. The highest BCUT2D eigenvalue weighted by molar-refractivity contribution is 6.05. The quantitative estimate of drug-likeness (QED) is 0.388. The summed E-state index contributed by atoms with van der Waals surface area (Å²) in [5.74, 6) is -0.389. The van der Waals surface area contributed by atoms with Crippen LogP contribution in [0.25, 0.3) is 0 Å². The Morgan fingerprint density at radius 2 is 1.58 bits per heavy atom. The maximum absolute atomic E-state index is 11.2. The van der Waals surface area contributed by atoms with Crippen LogP contribution in [0, 0.1) is 11.8 Å². The molecule has 4 atom stereocenters. The first-order chi connectivity index (χ1) is 5.75. The van der Waals surface area contributed by atoms with E-state index in [2.05, 4.69) is 5.32 Å². The van der Waals surface area contributed by atoms with Crippen LogP contribution in [0.4, 0.5) is 0 Å². The third kappa shape index (κ3) is 0.705. The normalized spacial score (nSPS) is 49.7. The van der Waals surface area contributed by atoms with E-state index in [1.807, 2.05) is 0 Å². The smallest absolute Gasteiger partial charge is 0.230 e. The third-order valence-corrected chi connectivity index (χ3v) is 3.07. The topological polar surface area (TPSA) is 58.7 Å². The molecule has 0 radical (unpaired) electrons. The summed E-state index contributed by atoms with van der Waals surface area (Å²) in [6, 6.07) is 0. The van der Waals surface area contributed by atoms with Gasteiger partial charge in [-0.05, 0) is 12.8 Å². The minimum atomic E-state index is -0.0982. The summed E-state index contributed by atoms with van der Waals surface area (Å²) in [5.41, 5.74) is 0. The fourth-order valence-corrected chi connectivity index (χ4v) is 2.31. The standard InChI is InChI=1S/C8H9NO3/c10-7-3-1-5-6(12-5)2-4(3)8(11)9-7/h3-6H,1-2H2,(H,9,10,11)/t3-,4-,5-,6+/m1/s1. The molecule has 4 nitrogen and oxygen atoms in total. The van der Waals surface area contributed by atoms with Gasteiger partial charge in [-0.2, -0.15) is 0 Å². The van der Waals surface area contributed by atoms with Crippen molar-refractivity contribution in [2.75, 3.05) is 0 Å². The van der Waals surface area contributed by atoms with Gasteiger partial charge in [-0.1, -0.05) is 0 Å².